The van der Waals surface area contributed by atoms with E-state index in [0.29, 0.717) is 11.6 Å². The van der Waals surface area contributed by atoms with Gasteiger partial charge in [0.05, 0.1) is 24.0 Å². The summed E-state index contributed by atoms with van der Waals surface area (Å²) in [6, 6.07) is 1.76. The first-order chi connectivity index (χ1) is 8.40. The Morgan fingerprint density at radius 1 is 1.39 bits per heavy atom. The highest BCUT2D eigenvalue weighted by molar-refractivity contribution is 7.90. The van der Waals surface area contributed by atoms with Gasteiger partial charge in [-0.2, -0.15) is 5.10 Å². The Labute approximate surface area is 110 Å². The van der Waals surface area contributed by atoms with Gasteiger partial charge in [-0.15, -0.1) is 11.6 Å². The molecule has 0 radical (unpaired) electrons. The number of hydrogen-bond acceptors (Lipinski definition) is 5. The van der Waals surface area contributed by atoms with E-state index in [-0.39, 0.29) is 10.8 Å². The van der Waals surface area contributed by atoms with Crippen LogP contribution in [0.1, 0.15) is 11.4 Å². The lowest BCUT2D eigenvalue weighted by Gasteiger charge is -2.03. The molecule has 0 spiro atoms. The molecule has 8 heteroatoms. The fraction of sp³-hybridized carbons (Fsp3) is 0.300. The van der Waals surface area contributed by atoms with Crippen LogP contribution in [-0.4, -0.2) is 34.4 Å². The lowest BCUT2D eigenvalue weighted by molar-refractivity contribution is 0.602. The van der Waals surface area contributed by atoms with Gasteiger partial charge in [-0.05, 0) is 13.0 Å². The molecule has 0 unspecified atom stereocenters. The highest BCUT2D eigenvalue weighted by Gasteiger charge is 2.12. The van der Waals surface area contributed by atoms with Crippen molar-refractivity contribution >= 4 is 21.4 Å². The predicted octanol–water partition coefficient (Wildman–Crippen LogP) is 1.11. The third-order valence-corrected chi connectivity index (χ3v) is 3.57. The molecule has 6 nitrogen and oxygen atoms in total. The van der Waals surface area contributed by atoms with Gasteiger partial charge in [-0.1, -0.05) is 0 Å². The summed E-state index contributed by atoms with van der Waals surface area (Å²) in [6.45, 7) is 1.81. The summed E-state index contributed by atoms with van der Waals surface area (Å²) in [6.07, 6.45) is 3.76. The van der Waals surface area contributed by atoms with Crippen molar-refractivity contribution in [3.8, 4) is 5.95 Å². The van der Waals surface area contributed by atoms with E-state index in [1.165, 1.54) is 17.1 Å². The maximum absolute atomic E-state index is 11.4. The third kappa shape index (κ3) is 2.68. The lowest BCUT2D eigenvalue weighted by Crippen LogP contribution is -2.05. The van der Waals surface area contributed by atoms with E-state index < -0.39 is 9.84 Å². The second-order valence-electron chi connectivity index (χ2n) is 3.83. The monoisotopic (exact) mass is 286 g/mol. The SMILES string of the molecule is Cc1cc(CCl)nc(-n2cc(S(C)(=O)=O)cn2)n1. The van der Waals surface area contributed by atoms with Crippen LogP contribution in [0.25, 0.3) is 5.95 Å². The van der Waals surface area contributed by atoms with Crippen molar-refractivity contribution in [2.24, 2.45) is 0 Å². The zero-order chi connectivity index (χ0) is 13.3. The van der Waals surface area contributed by atoms with Gasteiger partial charge >= 0.3 is 0 Å². The Morgan fingerprint density at radius 3 is 2.67 bits per heavy atom. The van der Waals surface area contributed by atoms with E-state index >= 15 is 0 Å². The smallest absolute Gasteiger partial charge is 0.224 e. The molecule has 0 bridgehead atoms. The van der Waals surface area contributed by atoms with Crippen LogP contribution in [0.3, 0.4) is 0 Å². The van der Waals surface area contributed by atoms with Crippen molar-refractivity contribution < 1.29 is 8.42 Å². The molecule has 0 fully saturated rings. The van der Waals surface area contributed by atoms with Crippen molar-refractivity contribution in [2.75, 3.05) is 6.26 Å². The number of aryl methyl sites for hydroxylation is 1. The van der Waals surface area contributed by atoms with Crippen LogP contribution in [0.15, 0.2) is 23.4 Å². The van der Waals surface area contributed by atoms with Crippen molar-refractivity contribution in [3.05, 3.63) is 29.8 Å². The summed E-state index contributed by atoms with van der Waals surface area (Å²) in [5.41, 5.74) is 1.41. The van der Waals surface area contributed by atoms with Crippen molar-refractivity contribution in [1.82, 2.24) is 19.7 Å². The van der Waals surface area contributed by atoms with Gasteiger partial charge in [0.15, 0.2) is 9.84 Å². The number of aromatic nitrogens is 4. The van der Waals surface area contributed by atoms with E-state index in [1.54, 1.807) is 6.07 Å². The molecule has 0 amide bonds. The van der Waals surface area contributed by atoms with Gasteiger partial charge in [-0.3, -0.25) is 0 Å². The molecule has 0 aliphatic carbocycles. The molecule has 0 saturated heterocycles. The molecule has 2 aromatic heterocycles. The van der Waals surface area contributed by atoms with Gasteiger partial charge in [0.1, 0.15) is 4.90 Å². The molecular weight excluding hydrogens is 276 g/mol. The van der Waals surface area contributed by atoms with E-state index in [0.717, 1.165) is 11.9 Å². The van der Waals surface area contributed by atoms with E-state index in [9.17, 15) is 8.42 Å². The molecule has 2 heterocycles. The molecule has 2 rings (SSSR count). The summed E-state index contributed by atoms with van der Waals surface area (Å²) in [7, 11) is -3.28. The minimum absolute atomic E-state index is 0.125. The molecule has 0 aliphatic heterocycles. The maximum atomic E-state index is 11.4. The van der Waals surface area contributed by atoms with Crippen LogP contribution < -0.4 is 0 Å². The quantitative estimate of drug-likeness (QED) is 0.790. The van der Waals surface area contributed by atoms with Crippen LogP contribution in [-0.2, 0) is 15.7 Å². The number of rotatable bonds is 3. The third-order valence-electron chi connectivity index (χ3n) is 2.22. The molecule has 2 aromatic rings. The normalized spacial score (nSPS) is 11.7. The van der Waals surface area contributed by atoms with Crippen LogP contribution in [0, 0.1) is 6.92 Å². The van der Waals surface area contributed by atoms with Crippen LogP contribution >= 0.6 is 11.6 Å². The van der Waals surface area contributed by atoms with Crippen LogP contribution in [0.2, 0.25) is 0 Å². The first-order valence-corrected chi connectivity index (χ1v) is 7.48. The van der Waals surface area contributed by atoms with Gasteiger partial charge in [0.25, 0.3) is 5.95 Å². The Morgan fingerprint density at radius 2 is 2.11 bits per heavy atom. The number of alkyl halides is 1. The highest BCUT2D eigenvalue weighted by atomic mass is 35.5. The molecule has 0 atom stereocenters. The highest BCUT2D eigenvalue weighted by Crippen LogP contribution is 2.11. The largest absolute Gasteiger partial charge is 0.251 e. The minimum atomic E-state index is -3.28. The predicted molar refractivity (Wildman–Crippen MR) is 66.6 cm³/mol. The van der Waals surface area contributed by atoms with Gasteiger partial charge < -0.3 is 0 Å². The van der Waals surface area contributed by atoms with Crippen LogP contribution in [0.5, 0.6) is 0 Å². The summed E-state index contributed by atoms with van der Waals surface area (Å²) < 4.78 is 24.0. The Hall–Kier alpha value is -1.47. The first kappa shape index (κ1) is 13.0. The number of nitrogens with zero attached hydrogens (tertiary/aromatic N) is 4. The molecular formula is C10H11ClN4O2S. The zero-order valence-electron chi connectivity index (χ0n) is 9.83. The Balaban J connectivity index is 2.49. The minimum Gasteiger partial charge on any atom is -0.224 e. The second-order valence-corrected chi connectivity index (χ2v) is 6.11. The van der Waals surface area contributed by atoms with Crippen molar-refractivity contribution in [3.63, 3.8) is 0 Å². The topological polar surface area (TPSA) is 77.7 Å². The summed E-state index contributed by atoms with van der Waals surface area (Å²) >= 11 is 5.72. The lowest BCUT2D eigenvalue weighted by atomic mass is 10.3. The first-order valence-electron chi connectivity index (χ1n) is 5.06. The number of sulfone groups is 1. The van der Waals surface area contributed by atoms with E-state index in [4.69, 9.17) is 11.6 Å². The average molecular weight is 287 g/mol. The summed E-state index contributed by atoms with van der Waals surface area (Å²) in [5.74, 6) is 0.567. The van der Waals surface area contributed by atoms with E-state index in [2.05, 4.69) is 15.1 Å². The van der Waals surface area contributed by atoms with E-state index in [1.807, 2.05) is 6.92 Å². The van der Waals surface area contributed by atoms with Crippen LogP contribution in [0.4, 0.5) is 0 Å². The van der Waals surface area contributed by atoms with Gasteiger partial charge in [0.2, 0.25) is 0 Å². The number of halogens is 1. The average Bonchev–Trinajstić information content (AvgIpc) is 2.77. The second kappa shape index (κ2) is 4.66. The Kier molecular flexibility index (Phi) is 3.36. The molecule has 18 heavy (non-hydrogen) atoms. The van der Waals surface area contributed by atoms with Crippen molar-refractivity contribution in [2.45, 2.75) is 17.7 Å². The van der Waals surface area contributed by atoms with Gasteiger partial charge in [0, 0.05) is 11.9 Å². The number of hydrogen-bond donors (Lipinski definition) is 0. The summed E-state index contributed by atoms with van der Waals surface area (Å²) in [4.78, 5) is 8.49. The maximum Gasteiger partial charge on any atom is 0.251 e. The molecule has 0 N–H and O–H groups in total. The van der Waals surface area contributed by atoms with Crippen molar-refractivity contribution in [1.29, 1.82) is 0 Å². The molecule has 96 valence electrons. The fourth-order valence-corrected chi connectivity index (χ4v) is 2.06. The molecule has 0 aromatic carbocycles. The Bertz CT molecular complexity index is 681. The van der Waals surface area contributed by atoms with Gasteiger partial charge in [-0.25, -0.2) is 23.1 Å². The molecule has 0 saturated carbocycles. The summed E-state index contributed by atoms with van der Waals surface area (Å²) in [5, 5.41) is 3.94. The zero-order valence-corrected chi connectivity index (χ0v) is 11.4. The molecule has 0 aliphatic rings. The fourth-order valence-electron chi connectivity index (χ4n) is 1.39. The standard InChI is InChI=1S/C10H11ClN4O2S/c1-7-3-8(4-11)14-10(13-7)15-6-9(5-12-15)18(2,16)17/h3,5-6H,4H2,1-2H3.